The Bertz CT molecular complexity index is 1550. The van der Waals surface area contributed by atoms with Crippen LogP contribution in [0.15, 0.2) is 47.2 Å². The molecule has 0 unspecified atom stereocenters. The quantitative estimate of drug-likeness (QED) is 0.300. The molecule has 1 fully saturated rings. The van der Waals surface area contributed by atoms with Gasteiger partial charge in [0.25, 0.3) is 5.91 Å². The number of nitrogens with one attached hydrogen (secondary N) is 1. The number of nitrogens with zero attached hydrogens (tertiary/aromatic N) is 4. The summed E-state index contributed by atoms with van der Waals surface area (Å²) in [5.74, 6) is -3.35. The number of hydrogen-bond donors (Lipinski definition) is 1. The molecule has 0 radical (unpaired) electrons. The molecule has 0 bridgehead atoms. The SMILES string of the molecule is Cc1ccc(-c2noc(C3CC(F)(F)C3)n2)cc1NC(=O)c1cnc2ccc(CCC(=O)OC(C)(C)C)cn12. The van der Waals surface area contributed by atoms with Crippen molar-refractivity contribution in [1.82, 2.24) is 19.5 Å². The number of rotatable bonds is 7. The van der Waals surface area contributed by atoms with Crippen LogP contribution in [0.25, 0.3) is 17.0 Å². The molecule has 1 aliphatic carbocycles. The average Bonchev–Trinajstić information content (AvgIpc) is 3.49. The highest BCUT2D eigenvalue weighted by Gasteiger charge is 2.48. The van der Waals surface area contributed by atoms with Gasteiger partial charge in [0.1, 0.15) is 16.9 Å². The fourth-order valence-electron chi connectivity index (χ4n) is 4.42. The van der Waals surface area contributed by atoms with E-state index in [2.05, 4.69) is 20.4 Å². The third-order valence-electron chi connectivity index (χ3n) is 6.46. The zero-order valence-corrected chi connectivity index (χ0v) is 22.1. The Morgan fingerprint density at radius 1 is 1.21 bits per heavy atom. The topological polar surface area (TPSA) is 112 Å². The van der Waals surface area contributed by atoms with Crippen molar-refractivity contribution in [2.45, 2.75) is 70.8 Å². The van der Waals surface area contributed by atoms with Crippen LogP contribution in [0.2, 0.25) is 0 Å². The molecule has 3 aromatic heterocycles. The number of fused-ring (bicyclic) bond motifs is 1. The molecule has 11 heteroatoms. The van der Waals surface area contributed by atoms with E-state index in [1.165, 1.54) is 6.20 Å². The number of alkyl halides is 2. The molecule has 0 atom stereocenters. The first-order valence-corrected chi connectivity index (χ1v) is 12.7. The van der Waals surface area contributed by atoms with E-state index in [1.54, 1.807) is 28.8 Å². The van der Waals surface area contributed by atoms with Crippen molar-refractivity contribution in [3.8, 4) is 11.4 Å². The molecule has 1 amide bonds. The smallest absolute Gasteiger partial charge is 0.306 e. The first kappa shape index (κ1) is 26.5. The number of pyridine rings is 1. The van der Waals surface area contributed by atoms with Gasteiger partial charge in [-0.2, -0.15) is 4.98 Å². The third-order valence-corrected chi connectivity index (χ3v) is 6.46. The van der Waals surface area contributed by atoms with Crippen molar-refractivity contribution in [3.05, 3.63) is 65.4 Å². The number of imidazole rings is 1. The number of esters is 1. The number of hydrogen-bond acceptors (Lipinski definition) is 7. The van der Waals surface area contributed by atoms with Crippen molar-refractivity contribution in [3.63, 3.8) is 0 Å². The van der Waals surface area contributed by atoms with Gasteiger partial charge < -0.3 is 14.6 Å². The number of carbonyl (C=O) groups excluding carboxylic acids is 2. The van der Waals surface area contributed by atoms with E-state index in [-0.39, 0.29) is 42.9 Å². The van der Waals surface area contributed by atoms with Gasteiger partial charge in [0.05, 0.1) is 6.20 Å². The Labute approximate surface area is 223 Å². The minimum atomic E-state index is -2.68. The number of aryl methyl sites for hydroxylation is 2. The number of ether oxygens (including phenoxy) is 1. The van der Waals surface area contributed by atoms with E-state index in [4.69, 9.17) is 9.26 Å². The van der Waals surface area contributed by atoms with Gasteiger partial charge in [-0.3, -0.25) is 14.0 Å². The molecule has 1 aromatic carbocycles. The summed E-state index contributed by atoms with van der Waals surface area (Å²) in [5, 5.41) is 6.86. The second-order valence-corrected chi connectivity index (χ2v) is 10.9. The van der Waals surface area contributed by atoms with Gasteiger partial charge >= 0.3 is 5.97 Å². The summed E-state index contributed by atoms with van der Waals surface area (Å²) in [7, 11) is 0. The molecule has 0 saturated heterocycles. The van der Waals surface area contributed by atoms with Gasteiger partial charge in [-0.25, -0.2) is 13.8 Å². The number of halogens is 2. The predicted molar refractivity (Wildman–Crippen MR) is 139 cm³/mol. The Kier molecular flexibility index (Phi) is 6.69. The van der Waals surface area contributed by atoms with Crippen LogP contribution in [-0.4, -0.2) is 42.9 Å². The molecule has 3 heterocycles. The zero-order chi connectivity index (χ0) is 27.9. The van der Waals surface area contributed by atoms with E-state index in [1.807, 2.05) is 39.8 Å². The molecule has 0 aliphatic heterocycles. The molecule has 1 aliphatic rings. The van der Waals surface area contributed by atoms with Crippen LogP contribution < -0.4 is 5.32 Å². The van der Waals surface area contributed by atoms with Crippen LogP contribution >= 0.6 is 0 Å². The van der Waals surface area contributed by atoms with Gasteiger partial charge in [0, 0.05) is 42.6 Å². The van der Waals surface area contributed by atoms with Gasteiger partial charge in [0.15, 0.2) is 0 Å². The highest BCUT2D eigenvalue weighted by molar-refractivity contribution is 6.04. The zero-order valence-electron chi connectivity index (χ0n) is 22.1. The summed E-state index contributed by atoms with van der Waals surface area (Å²) in [6.45, 7) is 7.32. The van der Waals surface area contributed by atoms with Crippen LogP contribution in [0.4, 0.5) is 14.5 Å². The Hall–Kier alpha value is -4.15. The molecule has 1 saturated carbocycles. The molecule has 1 N–H and O–H groups in total. The lowest BCUT2D eigenvalue weighted by molar-refractivity contribution is -0.154. The minimum Gasteiger partial charge on any atom is -0.460 e. The summed E-state index contributed by atoms with van der Waals surface area (Å²) in [5.41, 5.74) is 3.15. The van der Waals surface area contributed by atoms with Gasteiger partial charge in [-0.05, 0) is 57.4 Å². The fourth-order valence-corrected chi connectivity index (χ4v) is 4.42. The maximum absolute atomic E-state index is 13.3. The Morgan fingerprint density at radius 3 is 2.69 bits per heavy atom. The van der Waals surface area contributed by atoms with E-state index in [0.29, 0.717) is 29.0 Å². The van der Waals surface area contributed by atoms with Crippen LogP contribution in [0, 0.1) is 6.92 Å². The van der Waals surface area contributed by atoms with Gasteiger partial charge in [-0.15, -0.1) is 0 Å². The van der Waals surface area contributed by atoms with Crippen LogP contribution in [0.1, 0.15) is 73.5 Å². The summed E-state index contributed by atoms with van der Waals surface area (Å²) in [6.07, 6.45) is 3.34. The van der Waals surface area contributed by atoms with E-state index >= 15 is 0 Å². The molecule has 39 heavy (non-hydrogen) atoms. The molecule has 204 valence electrons. The molecule has 0 spiro atoms. The molecule has 5 rings (SSSR count). The largest absolute Gasteiger partial charge is 0.460 e. The van der Waals surface area contributed by atoms with Gasteiger partial charge in [-0.1, -0.05) is 23.4 Å². The minimum absolute atomic E-state index is 0.190. The average molecular weight is 538 g/mol. The lowest BCUT2D eigenvalue weighted by Gasteiger charge is -2.31. The first-order chi connectivity index (χ1) is 18.4. The van der Waals surface area contributed by atoms with E-state index < -0.39 is 17.4 Å². The standard InChI is InChI=1S/C28H29F2N5O4/c1-16-5-8-18(24-33-26(39-34-24)19-12-28(29,30)13-19)11-20(16)32-25(37)21-14-31-22-9-6-17(15-35(21)22)7-10-23(36)38-27(2,3)4/h5-6,8-9,11,14-15,19H,7,10,12-13H2,1-4H3,(H,32,37). The summed E-state index contributed by atoms with van der Waals surface area (Å²) < 4.78 is 38.7. The maximum Gasteiger partial charge on any atom is 0.306 e. The van der Waals surface area contributed by atoms with Crippen molar-refractivity contribution in [2.75, 3.05) is 5.32 Å². The Morgan fingerprint density at radius 2 is 1.97 bits per heavy atom. The van der Waals surface area contributed by atoms with Crippen molar-refractivity contribution >= 4 is 23.2 Å². The second kappa shape index (κ2) is 9.87. The fraction of sp³-hybridized carbons (Fsp3) is 0.393. The molecular formula is C28H29F2N5O4. The van der Waals surface area contributed by atoms with E-state index in [0.717, 1.165) is 11.1 Å². The van der Waals surface area contributed by atoms with Gasteiger partial charge in [0.2, 0.25) is 17.6 Å². The van der Waals surface area contributed by atoms with Crippen LogP contribution in [0.5, 0.6) is 0 Å². The highest BCUT2D eigenvalue weighted by Crippen LogP contribution is 2.48. The molecular weight excluding hydrogens is 508 g/mol. The Balaban J connectivity index is 1.31. The maximum atomic E-state index is 13.3. The number of anilines is 1. The first-order valence-electron chi connectivity index (χ1n) is 12.7. The molecule has 4 aromatic rings. The third kappa shape index (κ3) is 5.97. The normalized spacial score (nSPS) is 15.2. The second-order valence-electron chi connectivity index (χ2n) is 10.9. The lowest BCUT2D eigenvalue weighted by atomic mass is 9.81. The lowest BCUT2D eigenvalue weighted by Crippen LogP contribution is -2.33. The van der Waals surface area contributed by atoms with E-state index in [9.17, 15) is 18.4 Å². The van der Waals surface area contributed by atoms with Crippen molar-refractivity contribution in [2.24, 2.45) is 0 Å². The summed E-state index contributed by atoms with van der Waals surface area (Å²) in [4.78, 5) is 34.0. The molecule has 9 nitrogen and oxygen atoms in total. The number of amides is 1. The summed E-state index contributed by atoms with van der Waals surface area (Å²) in [6, 6.07) is 8.96. The number of aromatic nitrogens is 4. The van der Waals surface area contributed by atoms with Crippen molar-refractivity contribution in [1.29, 1.82) is 0 Å². The number of benzene rings is 1. The van der Waals surface area contributed by atoms with Crippen LogP contribution in [-0.2, 0) is 16.0 Å². The predicted octanol–water partition coefficient (Wildman–Crippen LogP) is 5.73. The van der Waals surface area contributed by atoms with Crippen molar-refractivity contribution < 1.29 is 27.6 Å². The van der Waals surface area contributed by atoms with Crippen LogP contribution in [0.3, 0.4) is 0 Å². The highest BCUT2D eigenvalue weighted by atomic mass is 19.3. The number of carbonyl (C=O) groups is 2. The monoisotopic (exact) mass is 537 g/mol. The summed E-state index contributed by atoms with van der Waals surface area (Å²) >= 11 is 0.